The number of rotatable bonds is 9. The molecule has 1 aromatic rings. The number of aliphatic hydroxyl groups excluding tert-OH is 1. The molecular weight excluding hydrogens is 336 g/mol. The number of aliphatic hydroxyl groups is 1. The highest BCUT2D eigenvalue weighted by atomic mass is 16.5. The van der Waals surface area contributed by atoms with Crippen LogP contribution in [0.5, 0.6) is 5.75 Å². The van der Waals surface area contributed by atoms with E-state index in [0.717, 1.165) is 13.0 Å². The van der Waals surface area contributed by atoms with Gasteiger partial charge in [-0.1, -0.05) is 6.42 Å². The summed E-state index contributed by atoms with van der Waals surface area (Å²) in [5, 5.41) is 11.6. The molecule has 2 rings (SSSR count). The zero-order chi connectivity index (χ0) is 18.8. The van der Waals surface area contributed by atoms with Crippen LogP contribution in [0, 0.1) is 0 Å². The highest BCUT2D eigenvalue weighted by molar-refractivity contribution is 5.96. The molecular formula is C19H28N2O5. The molecule has 0 bridgehead atoms. The minimum atomic E-state index is -1.07. The van der Waals surface area contributed by atoms with Crippen molar-refractivity contribution in [3.05, 3.63) is 29.8 Å². The van der Waals surface area contributed by atoms with Gasteiger partial charge in [0.15, 0.2) is 6.04 Å². The number of hydrogen-bond acceptors (Lipinski definition) is 6. The minimum absolute atomic E-state index is 0.382. The number of hydrogen-bond donors (Lipinski definition) is 2. The average Bonchev–Trinajstić information content (AvgIpc) is 2.70. The summed E-state index contributed by atoms with van der Waals surface area (Å²) in [5.41, 5.74) is 0.382. The fraction of sp³-hybridized carbons (Fsp3) is 0.579. The van der Waals surface area contributed by atoms with E-state index < -0.39 is 24.5 Å². The fourth-order valence-electron chi connectivity index (χ4n) is 2.93. The van der Waals surface area contributed by atoms with E-state index in [0.29, 0.717) is 17.9 Å². The molecule has 2 N–H and O–H groups in total. The van der Waals surface area contributed by atoms with Crippen LogP contribution in [-0.4, -0.2) is 67.9 Å². The first-order chi connectivity index (χ1) is 12.6. The summed E-state index contributed by atoms with van der Waals surface area (Å²) in [4.78, 5) is 26.0. The lowest BCUT2D eigenvalue weighted by atomic mass is 10.1. The molecule has 1 atom stereocenters. The number of benzene rings is 1. The van der Waals surface area contributed by atoms with E-state index >= 15 is 0 Å². The molecule has 1 heterocycles. The van der Waals surface area contributed by atoms with Crippen molar-refractivity contribution in [1.82, 2.24) is 10.2 Å². The highest BCUT2D eigenvalue weighted by Crippen LogP contribution is 2.13. The standard InChI is InChI=1S/C19H28N2O5/c1-25-19(24)17(14-22)20-18(23)15-6-8-16(9-7-15)26-13-5-12-21-10-3-2-4-11-21/h6-9,17,22H,2-5,10-14H2,1H3,(H,20,23)/t17-/m0/s1. The Hall–Kier alpha value is -2.12. The summed E-state index contributed by atoms with van der Waals surface area (Å²) in [6.45, 7) is 3.54. The Labute approximate surface area is 154 Å². The van der Waals surface area contributed by atoms with Crippen LogP contribution in [0.1, 0.15) is 36.0 Å². The average molecular weight is 364 g/mol. The first kappa shape index (κ1) is 20.2. The third-order valence-electron chi connectivity index (χ3n) is 4.43. The Bertz CT molecular complexity index is 570. The second-order valence-electron chi connectivity index (χ2n) is 6.36. The van der Waals surface area contributed by atoms with Gasteiger partial charge in [0.25, 0.3) is 5.91 Å². The highest BCUT2D eigenvalue weighted by Gasteiger charge is 2.21. The van der Waals surface area contributed by atoms with E-state index in [9.17, 15) is 9.59 Å². The predicted molar refractivity (Wildman–Crippen MR) is 97.2 cm³/mol. The smallest absolute Gasteiger partial charge is 0.330 e. The molecule has 7 heteroatoms. The van der Waals surface area contributed by atoms with Gasteiger partial charge in [-0.2, -0.15) is 0 Å². The molecule has 0 radical (unpaired) electrons. The van der Waals surface area contributed by atoms with Crippen molar-refractivity contribution in [1.29, 1.82) is 0 Å². The number of amides is 1. The number of carbonyl (C=O) groups excluding carboxylic acids is 2. The zero-order valence-electron chi connectivity index (χ0n) is 15.3. The molecule has 7 nitrogen and oxygen atoms in total. The van der Waals surface area contributed by atoms with Gasteiger partial charge in [0, 0.05) is 12.1 Å². The monoisotopic (exact) mass is 364 g/mol. The van der Waals surface area contributed by atoms with Crippen molar-refractivity contribution in [3.63, 3.8) is 0 Å². The Morgan fingerprint density at radius 3 is 2.50 bits per heavy atom. The van der Waals surface area contributed by atoms with Crippen molar-refractivity contribution >= 4 is 11.9 Å². The number of piperidine rings is 1. The molecule has 26 heavy (non-hydrogen) atoms. The molecule has 0 unspecified atom stereocenters. The lowest BCUT2D eigenvalue weighted by Crippen LogP contribution is -2.44. The summed E-state index contributed by atoms with van der Waals surface area (Å²) < 4.78 is 10.2. The van der Waals surface area contributed by atoms with E-state index in [2.05, 4.69) is 15.0 Å². The van der Waals surface area contributed by atoms with Crippen molar-refractivity contribution in [3.8, 4) is 5.75 Å². The van der Waals surface area contributed by atoms with E-state index in [1.807, 2.05) is 0 Å². The number of likely N-dealkylation sites (tertiary alicyclic amines) is 1. The van der Waals surface area contributed by atoms with Crippen LogP contribution in [0.4, 0.5) is 0 Å². The predicted octanol–water partition coefficient (Wildman–Crippen LogP) is 1.21. The Balaban J connectivity index is 1.74. The maximum atomic E-state index is 12.1. The second kappa shape index (κ2) is 10.8. The number of carbonyl (C=O) groups is 2. The molecule has 1 aliphatic heterocycles. The molecule has 0 saturated carbocycles. The number of nitrogens with one attached hydrogen (secondary N) is 1. The first-order valence-corrected chi connectivity index (χ1v) is 9.09. The first-order valence-electron chi connectivity index (χ1n) is 9.09. The Morgan fingerprint density at radius 2 is 1.88 bits per heavy atom. The van der Waals surface area contributed by atoms with Gasteiger partial charge in [0.1, 0.15) is 5.75 Å². The van der Waals surface area contributed by atoms with Crippen LogP contribution >= 0.6 is 0 Å². The van der Waals surface area contributed by atoms with Crippen molar-refractivity contribution < 1.29 is 24.2 Å². The summed E-state index contributed by atoms with van der Waals surface area (Å²) >= 11 is 0. The van der Waals surface area contributed by atoms with Gasteiger partial charge in [-0.3, -0.25) is 4.79 Å². The lowest BCUT2D eigenvalue weighted by Gasteiger charge is -2.26. The van der Waals surface area contributed by atoms with Crippen LogP contribution in [0.15, 0.2) is 24.3 Å². The Kier molecular flexibility index (Phi) is 8.37. The molecule has 0 aliphatic carbocycles. The molecule has 1 aromatic carbocycles. The number of methoxy groups -OCH3 is 1. The van der Waals surface area contributed by atoms with Crippen LogP contribution < -0.4 is 10.1 Å². The van der Waals surface area contributed by atoms with Gasteiger partial charge in [-0.05, 0) is 56.6 Å². The second-order valence-corrected chi connectivity index (χ2v) is 6.36. The Morgan fingerprint density at radius 1 is 1.19 bits per heavy atom. The largest absolute Gasteiger partial charge is 0.494 e. The van der Waals surface area contributed by atoms with E-state index in [4.69, 9.17) is 9.84 Å². The van der Waals surface area contributed by atoms with E-state index in [-0.39, 0.29) is 0 Å². The van der Waals surface area contributed by atoms with E-state index in [1.54, 1.807) is 24.3 Å². The number of ether oxygens (including phenoxy) is 2. The van der Waals surface area contributed by atoms with E-state index in [1.165, 1.54) is 39.5 Å². The van der Waals surface area contributed by atoms with Gasteiger partial charge in [-0.25, -0.2) is 4.79 Å². The van der Waals surface area contributed by atoms with Crippen molar-refractivity contribution in [2.24, 2.45) is 0 Å². The SMILES string of the molecule is COC(=O)[C@H](CO)NC(=O)c1ccc(OCCCN2CCCCC2)cc1. The summed E-state index contributed by atoms with van der Waals surface area (Å²) in [6, 6.07) is 5.63. The molecule has 144 valence electrons. The summed E-state index contributed by atoms with van der Waals surface area (Å²) in [7, 11) is 1.20. The van der Waals surface area contributed by atoms with Crippen molar-refractivity contribution in [2.45, 2.75) is 31.7 Å². The zero-order valence-corrected chi connectivity index (χ0v) is 15.3. The normalized spacial score (nSPS) is 15.9. The van der Waals surface area contributed by atoms with Gasteiger partial charge < -0.3 is 24.8 Å². The van der Waals surface area contributed by atoms with Crippen molar-refractivity contribution in [2.75, 3.05) is 40.0 Å². The molecule has 1 saturated heterocycles. The molecule has 1 fully saturated rings. The minimum Gasteiger partial charge on any atom is -0.494 e. The molecule has 1 aliphatic rings. The van der Waals surface area contributed by atoms with Gasteiger partial charge in [-0.15, -0.1) is 0 Å². The maximum Gasteiger partial charge on any atom is 0.330 e. The molecule has 1 amide bonds. The maximum absolute atomic E-state index is 12.1. The third kappa shape index (κ3) is 6.31. The quantitative estimate of drug-likeness (QED) is 0.506. The van der Waals surface area contributed by atoms with Gasteiger partial charge >= 0.3 is 5.97 Å². The van der Waals surface area contributed by atoms with Crippen LogP contribution in [0.3, 0.4) is 0 Å². The summed E-state index contributed by atoms with van der Waals surface area (Å²) in [6.07, 6.45) is 4.89. The number of nitrogens with zero attached hydrogens (tertiary/aromatic N) is 1. The molecule has 0 spiro atoms. The van der Waals surface area contributed by atoms with Crippen LogP contribution in [0.2, 0.25) is 0 Å². The number of esters is 1. The molecule has 0 aromatic heterocycles. The lowest BCUT2D eigenvalue weighted by molar-refractivity contribution is -0.143. The summed E-state index contributed by atoms with van der Waals surface area (Å²) in [5.74, 6) is -0.438. The van der Waals surface area contributed by atoms with Gasteiger partial charge in [0.05, 0.1) is 20.3 Å². The van der Waals surface area contributed by atoms with Crippen LogP contribution in [-0.2, 0) is 9.53 Å². The van der Waals surface area contributed by atoms with Crippen LogP contribution in [0.25, 0.3) is 0 Å². The van der Waals surface area contributed by atoms with Gasteiger partial charge in [0.2, 0.25) is 0 Å². The fourth-order valence-corrected chi connectivity index (χ4v) is 2.93. The third-order valence-corrected chi connectivity index (χ3v) is 4.43. The topological polar surface area (TPSA) is 88.1 Å².